The van der Waals surface area contributed by atoms with Gasteiger partial charge in [0.2, 0.25) is 0 Å². The van der Waals surface area contributed by atoms with Crippen LogP contribution in [0.1, 0.15) is 16.7 Å². The van der Waals surface area contributed by atoms with Crippen molar-refractivity contribution >= 4 is 44.7 Å². The molecule has 0 aromatic heterocycles. The third-order valence-corrected chi connectivity index (χ3v) is 4.57. The van der Waals surface area contributed by atoms with E-state index in [1.165, 1.54) is 18.2 Å². The zero-order chi connectivity index (χ0) is 17.2. The van der Waals surface area contributed by atoms with Gasteiger partial charge in [-0.05, 0) is 54.3 Å². The molecule has 0 unspecified atom stereocenters. The van der Waals surface area contributed by atoms with Crippen LogP contribution in [0, 0.1) is 6.92 Å². The number of aryl methyl sites for hydroxylation is 1. The second-order valence-electron chi connectivity index (χ2n) is 5.06. The summed E-state index contributed by atoms with van der Waals surface area (Å²) in [6, 6.07) is 9.38. The first-order valence-electron chi connectivity index (χ1n) is 6.65. The number of halogens is 6. The summed E-state index contributed by atoms with van der Waals surface area (Å²) in [5, 5.41) is 0.337. The van der Waals surface area contributed by atoms with Gasteiger partial charge in [-0.15, -0.1) is 0 Å². The lowest BCUT2D eigenvalue weighted by Gasteiger charge is -2.13. The molecule has 0 radical (unpaired) electrons. The number of alkyl halides is 3. The van der Waals surface area contributed by atoms with Crippen molar-refractivity contribution in [3.05, 3.63) is 73.7 Å². The summed E-state index contributed by atoms with van der Waals surface area (Å²) < 4.78 is 41.0. The molecule has 0 saturated heterocycles. The zero-order valence-corrected chi connectivity index (χ0v) is 15.1. The van der Waals surface area contributed by atoms with Crippen LogP contribution in [-0.2, 0) is 6.42 Å². The van der Waals surface area contributed by atoms with Gasteiger partial charge in [-0.2, -0.15) is 13.2 Å². The number of benzene rings is 2. The Labute approximate surface area is 151 Å². The predicted octanol–water partition coefficient (Wildman–Crippen LogP) is 7.25. The zero-order valence-electron chi connectivity index (χ0n) is 12.0. The minimum absolute atomic E-state index is 0.0381. The Hall–Kier alpha value is -0.970. The lowest BCUT2D eigenvalue weighted by Crippen LogP contribution is -2.11. The molecule has 0 aliphatic rings. The van der Waals surface area contributed by atoms with Crippen LogP contribution in [0.25, 0.3) is 5.57 Å². The van der Waals surface area contributed by atoms with E-state index in [0.29, 0.717) is 0 Å². The van der Waals surface area contributed by atoms with E-state index in [-0.39, 0.29) is 22.0 Å². The molecule has 0 aliphatic carbocycles. The largest absolute Gasteiger partial charge is 0.416 e. The van der Waals surface area contributed by atoms with Crippen molar-refractivity contribution in [3.63, 3.8) is 0 Å². The molecule has 0 aliphatic heterocycles. The Kier molecular flexibility index (Phi) is 5.82. The molecule has 0 spiro atoms. The van der Waals surface area contributed by atoms with Crippen LogP contribution in [-0.4, -0.2) is 6.18 Å². The van der Waals surface area contributed by atoms with Crippen LogP contribution in [0.3, 0.4) is 0 Å². The van der Waals surface area contributed by atoms with E-state index in [2.05, 4.69) is 15.9 Å². The van der Waals surface area contributed by atoms with E-state index in [1.54, 1.807) is 6.07 Å². The molecular formula is C17H12BrCl2F3. The third kappa shape index (κ3) is 5.00. The smallest absolute Gasteiger partial charge is 0.166 e. The Morgan fingerprint density at radius 1 is 1.09 bits per heavy atom. The highest BCUT2D eigenvalue weighted by atomic mass is 79.9. The Balaban J connectivity index is 2.40. The highest BCUT2D eigenvalue weighted by Crippen LogP contribution is 2.36. The normalized spacial score (nSPS) is 12.6. The highest BCUT2D eigenvalue weighted by molar-refractivity contribution is 9.10. The molecule has 23 heavy (non-hydrogen) atoms. The molecule has 2 rings (SSSR count). The average molecular weight is 424 g/mol. The summed E-state index contributed by atoms with van der Waals surface area (Å²) in [6.45, 7) is 1.89. The monoisotopic (exact) mass is 422 g/mol. The quantitative estimate of drug-likeness (QED) is 0.487. The van der Waals surface area contributed by atoms with Gasteiger partial charge in [-0.3, -0.25) is 0 Å². The van der Waals surface area contributed by atoms with E-state index in [4.69, 9.17) is 23.2 Å². The molecular weight excluding hydrogens is 412 g/mol. The molecule has 2 aromatic carbocycles. The van der Waals surface area contributed by atoms with Crippen molar-refractivity contribution in [3.8, 4) is 0 Å². The van der Waals surface area contributed by atoms with Crippen LogP contribution < -0.4 is 0 Å². The van der Waals surface area contributed by atoms with Crippen molar-refractivity contribution in [1.29, 1.82) is 0 Å². The van der Waals surface area contributed by atoms with Crippen LogP contribution in [0.15, 0.2) is 46.9 Å². The van der Waals surface area contributed by atoms with Gasteiger partial charge in [0.25, 0.3) is 0 Å². The number of hydrogen-bond acceptors (Lipinski definition) is 0. The fourth-order valence-electron chi connectivity index (χ4n) is 2.16. The Morgan fingerprint density at radius 2 is 1.70 bits per heavy atom. The highest BCUT2D eigenvalue weighted by Gasteiger charge is 2.34. The van der Waals surface area contributed by atoms with E-state index in [1.807, 2.05) is 19.1 Å². The fraction of sp³-hybridized carbons (Fsp3) is 0.176. The Bertz CT molecular complexity index is 732. The molecule has 0 fully saturated rings. The van der Waals surface area contributed by atoms with Gasteiger partial charge in [0, 0.05) is 14.5 Å². The van der Waals surface area contributed by atoms with Gasteiger partial charge in [-0.25, -0.2) is 0 Å². The third-order valence-electron chi connectivity index (χ3n) is 3.24. The lowest BCUT2D eigenvalue weighted by atomic mass is 10.0. The maximum absolute atomic E-state index is 13.4. The summed E-state index contributed by atoms with van der Waals surface area (Å²) in [5.41, 5.74) is 0.974. The molecule has 122 valence electrons. The maximum atomic E-state index is 13.4. The van der Waals surface area contributed by atoms with E-state index in [0.717, 1.165) is 21.7 Å². The fourth-order valence-corrected chi connectivity index (χ4v) is 2.93. The average Bonchev–Trinajstić information content (AvgIpc) is 2.40. The van der Waals surface area contributed by atoms with Crippen LogP contribution in [0.4, 0.5) is 13.2 Å². The first kappa shape index (κ1) is 18.4. The van der Waals surface area contributed by atoms with Crippen LogP contribution >= 0.6 is 39.1 Å². The van der Waals surface area contributed by atoms with Gasteiger partial charge >= 0.3 is 6.18 Å². The first-order valence-corrected chi connectivity index (χ1v) is 8.20. The first-order chi connectivity index (χ1) is 10.7. The SMILES string of the molecule is Cc1cc(C/C=C(\c2cc(Cl)cc(Cl)c2)C(F)(F)F)ccc1Br. The van der Waals surface area contributed by atoms with Gasteiger partial charge in [-0.1, -0.05) is 57.3 Å². The predicted molar refractivity (Wildman–Crippen MR) is 93.1 cm³/mol. The van der Waals surface area contributed by atoms with E-state index in [9.17, 15) is 13.2 Å². The van der Waals surface area contributed by atoms with E-state index < -0.39 is 11.7 Å². The topological polar surface area (TPSA) is 0 Å². The number of hydrogen-bond donors (Lipinski definition) is 0. The van der Waals surface area contributed by atoms with Crippen LogP contribution in [0.2, 0.25) is 10.0 Å². The second kappa shape index (κ2) is 7.29. The molecule has 6 heteroatoms. The molecule has 0 heterocycles. The molecule has 0 amide bonds. The minimum Gasteiger partial charge on any atom is -0.166 e. The van der Waals surface area contributed by atoms with Crippen molar-refractivity contribution in [2.75, 3.05) is 0 Å². The second-order valence-corrected chi connectivity index (χ2v) is 6.79. The lowest BCUT2D eigenvalue weighted by molar-refractivity contribution is -0.0690. The summed E-state index contributed by atoms with van der Waals surface area (Å²) in [7, 11) is 0. The van der Waals surface area contributed by atoms with Gasteiger partial charge in [0.15, 0.2) is 0 Å². The summed E-state index contributed by atoms with van der Waals surface area (Å²) in [6.07, 6.45) is -3.17. The van der Waals surface area contributed by atoms with Gasteiger partial charge in [0.1, 0.15) is 0 Å². The van der Waals surface area contributed by atoms with Crippen molar-refractivity contribution in [1.82, 2.24) is 0 Å². The molecule has 0 bridgehead atoms. The summed E-state index contributed by atoms with van der Waals surface area (Å²) in [5.74, 6) is 0. The minimum atomic E-state index is -4.49. The van der Waals surface area contributed by atoms with Crippen LogP contribution in [0.5, 0.6) is 0 Å². The maximum Gasteiger partial charge on any atom is 0.416 e. The number of allylic oxidation sites excluding steroid dienone is 2. The van der Waals surface area contributed by atoms with Gasteiger partial charge < -0.3 is 0 Å². The molecule has 0 saturated carbocycles. The molecule has 0 nitrogen and oxygen atoms in total. The summed E-state index contributed by atoms with van der Waals surface area (Å²) in [4.78, 5) is 0. The molecule has 0 atom stereocenters. The van der Waals surface area contributed by atoms with Crippen molar-refractivity contribution in [2.24, 2.45) is 0 Å². The number of rotatable bonds is 3. The Morgan fingerprint density at radius 3 is 2.22 bits per heavy atom. The standard InChI is InChI=1S/C17H12BrCl2F3/c1-10-6-11(3-5-16(10)18)2-4-15(17(21,22)23)12-7-13(19)9-14(20)8-12/h3-9H,2H2,1H3/b15-4+. The van der Waals surface area contributed by atoms with Gasteiger partial charge in [0.05, 0.1) is 5.57 Å². The molecule has 2 aromatic rings. The van der Waals surface area contributed by atoms with E-state index >= 15 is 0 Å². The summed E-state index contributed by atoms with van der Waals surface area (Å²) >= 11 is 15.0. The van der Waals surface area contributed by atoms with Crippen molar-refractivity contribution < 1.29 is 13.2 Å². The van der Waals surface area contributed by atoms with Crippen molar-refractivity contribution in [2.45, 2.75) is 19.5 Å². The molecule has 0 N–H and O–H groups in total.